The Balaban J connectivity index is 2.61. The zero-order chi connectivity index (χ0) is 14.7. The number of hydrogen-bond acceptors (Lipinski definition) is 2. The van der Waals surface area contributed by atoms with Crippen LogP contribution in [0.5, 0.6) is 5.75 Å². The Hall–Kier alpha value is -1.87. The molecule has 0 saturated heterocycles. The van der Waals surface area contributed by atoms with Crippen LogP contribution < -0.4 is 10.1 Å². The van der Waals surface area contributed by atoms with Gasteiger partial charge in [0, 0.05) is 17.7 Å². The zero-order valence-corrected chi connectivity index (χ0v) is 12.4. The quantitative estimate of drug-likeness (QED) is 0.914. The minimum atomic E-state index is -0.230. The number of halogens is 1. The first-order valence-electron chi connectivity index (χ1n) is 6.66. The molecule has 2 aromatic carbocycles. The van der Waals surface area contributed by atoms with Crippen molar-refractivity contribution in [2.75, 3.05) is 14.2 Å². The fraction of sp³-hybridized carbons (Fsp3) is 0.294. The smallest absolute Gasteiger partial charge is 0.131 e. The van der Waals surface area contributed by atoms with E-state index in [4.69, 9.17) is 4.74 Å². The van der Waals surface area contributed by atoms with Crippen LogP contribution in [0.25, 0.3) is 11.1 Å². The van der Waals surface area contributed by atoms with Gasteiger partial charge >= 0.3 is 0 Å². The van der Waals surface area contributed by atoms with Crippen LogP contribution in [0.1, 0.15) is 16.7 Å². The van der Waals surface area contributed by atoms with Crippen molar-refractivity contribution in [1.29, 1.82) is 0 Å². The van der Waals surface area contributed by atoms with Crippen molar-refractivity contribution >= 4 is 0 Å². The van der Waals surface area contributed by atoms with Crippen LogP contribution in [0, 0.1) is 19.7 Å². The first-order valence-corrected chi connectivity index (χ1v) is 6.66. The highest BCUT2D eigenvalue weighted by molar-refractivity contribution is 5.74. The van der Waals surface area contributed by atoms with Gasteiger partial charge < -0.3 is 10.1 Å². The molecule has 0 bridgehead atoms. The third-order valence-corrected chi connectivity index (χ3v) is 3.58. The highest BCUT2D eigenvalue weighted by atomic mass is 19.1. The lowest BCUT2D eigenvalue weighted by Gasteiger charge is -2.15. The van der Waals surface area contributed by atoms with Crippen molar-refractivity contribution in [1.82, 2.24) is 5.32 Å². The molecule has 0 fully saturated rings. The Morgan fingerprint density at radius 3 is 2.50 bits per heavy atom. The number of aryl methyl sites for hydroxylation is 1. The van der Waals surface area contributed by atoms with Gasteiger partial charge in [0.25, 0.3) is 0 Å². The molecule has 3 heteroatoms. The fourth-order valence-electron chi connectivity index (χ4n) is 2.36. The van der Waals surface area contributed by atoms with E-state index >= 15 is 0 Å². The van der Waals surface area contributed by atoms with Crippen molar-refractivity contribution in [2.45, 2.75) is 20.4 Å². The second kappa shape index (κ2) is 6.06. The molecule has 0 saturated carbocycles. The Bertz CT molecular complexity index is 623. The molecule has 0 spiro atoms. The van der Waals surface area contributed by atoms with Crippen LogP contribution in [0.2, 0.25) is 0 Å². The molecule has 1 N–H and O–H groups in total. The summed E-state index contributed by atoms with van der Waals surface area (Å²) in [7, 11) is 3.50. The lowest BCUT2D eigenvalue weighted by molar-refractivity contribution is 0.412. The Kier molecular flexibility index (Phi) is 4.40. The predicted molar refractivity (Wildman–Crippen MR) is 80.6 cm³/mol. The molecule has 0 radical (unpaired) electrons. The van der Waals surface area contributed by atoms with Gasteiger partial charge in [0.1, 0.15) is 11.6 Å². The molecule has 0 aliphatic carbocycles. The number of rotatable bonds is 4. The summed E-state index contributed by atoms with van der Waals surface area (Å²) in [5.74, 6) is 0.511. The number of methoxy groups -OCH3 is 1. The largest absolute Gasteiger partial charge is 0.496 e. The topological polar surface area (TPSA) is 21.3 Å². The van der Waals surface area contributed by atoms with Crippen LogP contribution in [-0.2, 0) is 6.54 Å². The van der Waals surface area contributed by atoms with E-state index < -0.39 is 0 Å². The number of ether oxygens (including phenoxy) is 1. The summed E-state index contributed by atoms with van der Waals surface area (Å²) < 4.78 is 19.7. The molecule has 106 valence electrons. The first-order chi connectivity index (χ1) is 9.58. The maximum atomic E-state index is 14.2. The van der Waals surface area contributed by atoms with E-state index in [9.17, 15) is 4.39 Å². The van der Waals surface area contributed by atoms with Gasteiger partial charge in [0.15, 0.2) is 0 Å². The standard InChI is InChI=1S/C17H20FNO/c1-11-5-7-14(17(20-4)12(11)2)15-9-13(10-19-3)6-8-16(15)18/h5-9,19H,10H2,1-4H3. The van der Waals surface area contributed by atoms with Crippen LogP contribution >= 0.6 is 0 Å². The van der Waals surface area contributed by atoms with Gasteiger partial charge in [-0.25, -0.2) is 4.39 Å². The summed E-state index contributed by atoms with van der Waals surface area (Å²) >= 11 is 0. The minimum Gasteiger partial charge on any atom is -0.496 e. The fourth-order valence-corrected chi connectivity index (χ4v) is 2.36. The van der Waals surface area contributed by atoms with Crippen molar-refractivity contribution < 1.29 is 9.13 Å². The van der Waals surface area contributed by atoms with Crippen molar-refractivity contribution in [2.24, 2.45) is 0 Å². The van der Waals surface area contributed by atoms with Crippen molar-refractivity contribution in [3.63, 3.8) is 0 Å². The van der Waals surface area contributed by atoms with Gasteiger partial charge in [0.2, 0.25) is 0 Å². The molecule has 2 rings (SSSR count). The van der Waals surface area contributed by atoms with E-state index in [1.807, 2.05) is 39.1 Å². The summed E-state index contributed by atoms with van der Waals surface area (Å²) in [5, 5.41) is 3.08. The normalized spacial score (nSPS) is 10.7. The third kappa shape index (κ3) is 2.68. The van der Waals surface area contributed by atoms with E-state index in [-0.39, 0.29) is 5.82 Å². The molecule has 0 amide bonds. The van der Waals surface area contributed by atoms with Crippen LogP contribution in [-0.4, -0.2) is 14.2 Å². The van der Waals surface area contributed by atoms with E-state index in [0.29, 0.717) is 12.1 Å². The van der Waals surface area contributed by atoms with Gasteiger partial charge in [0.05, 0.1) is 7.11 Å². The van der Waals surface area contributed by atoms with Crippen LogP contribution in [0.3, 0.4) is 0 Å². The van der Waals surface area contributed by atoms with E-state index in [2.05, 4.69) is 5.32 Å². The molecule has 20 heavy (non-hydrogen) atoms. The number of hydrogen-bond donors (Lipinski definition) is 1. The number of nitrogens with one attached hydrogen (secondary N) is 1. The Morgan fingerprint density at radius 1 is 1.10 bits per heavy atom. The SMILES string of the molecule is CNCc1ccc(F)c(-c2ccc(C)c(C)c2OC)c1. The summed E-state index contributed by atoms with van der Waals surface area (Å²) in [4.78, 5) is 0. The van der Waals surface area contributed by atoms with Gasteiger partial charge in [-0.15, -0.1) is 0 Å². The average molecular weight is 273 g/mol. The molecule has 0 heterocycles. The monoisotopic (exact) mass is 273 g/mol. The van der Waals surface area contributed by atoms with Crippen molar-refractivity contribution in [3.05, 3.63) is 52.8 Å². The maximum absolute atomic E-state index is 14.2. The third-order valence-electron chi connectivity index (χ3n) is 3.58. The molecule has 0 aliphatic rings. The molecule has 2 nitrogen and oxygen atoms in total. The zero-order valence-electron chi connectivity index (χ0n) is 12.4. The van der Waals surface area contributed by atoms with Crippen molar-refractivity contribution in [3.8, 4) is 16.9 Å². The van der Waals surface area contributed by atoms with Gasteiger partial charge in [-0.1, -0.05) is 18.2 Å². The highest BCUT2D eigenvalue weighted by Crippen LogP contribution is 2.36. The predicted octanol–water partition coefficient (Wildman–Crippen LogP) is 3.84. The molecule has 2 aromatic rings. The summed E-state index contributed by atoms with van der Waals surface area (Å²) in [6, 6.07) is 9.10. The van der Waals surface area contributed by atoms with E-state index in [0.717, 1.165) is 28.0 Å². The lowest BCUT2D eigenvalue weighted by Crippen LogP contribution is -2.05. The molecular formula is C17H20FNO. The molecular weight excluding hydrogens is 253 g/mol. The van der Waals surface area contributed by atoms with E-state index in [1.54, 1.807) is 13.2 Å². The lowest BCUT2D eigenvalue weighted by atomic mass is 9.97. The first kappa shape index (κ1) is 14.5. The average Bonchev–Trinajstić information content (AvgIpc) is 2.44. The second-order valence-corrected chi connectivity index (χ2v) is 4.93. The van der Waals surface area contributed by atoms with Gasteiger partial charge in [-0.3, -0.25) is 0 Å². The number of benzene rings is 2. The maximum Gasteiger partial charge on any atom is 0.131 e. The summed E-state index contributed by atoms with van der Waals surface area (Å²) in [6.45, 7) is 4.73. The molecule has 0 atom stereocenters. The van der Waals surface area contributed by atoms with E-state index in [1.165, 1.54) is 6.07 Å². The molecule has 0 aromatic heterocycles. The van der Waals surface area contributed by atoms with Crippen LogP contribution in [0.4, 0.5) is 4.39 Å². The molecule has 0 aliphatic heterocycles. The van der Waals surface area contributed by atoms with Crippen LogP contribution in [0.15, 0.2) is 30.3 Å². The second-order valence-electron chi connectivity index (χ2n) is 4.93. The van der Waals surface area contributed by atoms with Gasteiger partial charge in [-0.2, -0.15) is 0 Å². The summed E-state index contributed by atoms with van der Waals surface area (Å²) in [5.41, 5.74) is 4.61. The Morgan fingerprint density at radius 2 is 1.85 bits per heavy atom. The molecule has 0 unspecified atom stereocenters. The highest BCUT2D eigenvalue weighted by Gasteiger charge is 2.14. The minimum absolute atomic E-state index is 0.230. The van der Waals surface area contributed by atoms with Gasteiger partial charge in [-0.05, 0) is 49.7 Å². The Labute approximate surface area is 119 Å². The summed E-state index contributed by atoms with van der Waals surface area (Å²) in [6.07, 6.45) is 0.